The highest BCUT2D eigenvalue weighted by Gasteiger charge is 2.52. The van der Waals surface area contributed by atoms with Crippen LogP contribution in [0.5, 0.6) is 0 Å². The molecular weight excluding hydrogens is 371 g/mol. The number of nitrogens with zero attached hydrogens (tertiary/aromatic N) is 4. The molecule has 5 atom stereocenters. The first kappa shape index (κ1) is 17.0. The van der Waals surface area contributed by atoms with E-state index in [0.717, 1.165) is 0 Å². The molecule has 136 valence electrons. The standard InChI is InChI=1S/C12H17N6O5PS/c1-17(2)24(25)21-3-5-8(23-24)7(19)11(22-5)18-4-14-6-9(18)15-12(13)16-10(6)20/h4-5,7-8,11,19H,3H2,1-2H3,(H3,13,15,16,20). The predicted molar refractivity (Wildman–Crippen MR) is 91.3 cm³/mol. The summed E-state index contributed by atoms with van der Waals surface area (Å²) in [5.41, 5.74) is 5.46. The average Bonchev–Trinajstić information content (AvgIpc) is 3.09. The van der Waals surface area contributed by atoms with Crippen LogP contribution < -0.4 is 11.3 Å². The summed E-state index contributed by atoms with van der Waals surface area (Å²) in [4.78, 5) is 22.4. The van der Waals surface area contributed by atoms with Crippen molar-refractivity contribution in [1.29, 1.82) is 0 Å². The van der Waals surface area contributed by atoms with Crippen LogP contribution >= 0.6 is 6.64 Å². The molecule has 0 aliphatic carbocycles. The Morgan fingerprint density at radius 1 is 1.56 bits per heavy atom. The van der Waals surface area contributed by atoms with E-state index in [-0.39, 0.29) is 23.7 Å². The number of hydrogen-bond acceptors (Lipinski definition) is 9. The lowest BCUT2D eigenvalue weighted by Gasteiger charge is -2.37. The summed E-state index contributed by atoms with van der Waals surface area (Å²) in [6.07, 6.45) is -1.64. The Labute approximate surface area is 146 Å². The van der Waals surface area contributed by atoms with Gasteiger partial charge in [0.25, 0.3) is 12.2 Å². The summed E-state index contributed by atoms with van der Waals surface area (Å²) in [6.45, 7) is -2.44. The van der Waals surface area contributed by atoms with Crippen molar-refractivity contribution in [1.82, 2.24) is 24.2 Å². The summed E-state index contributed by atoms with van der Waals surface area (Å²) in [7, 11) is 3.53. The molecule has 2 fully saturated rings. The minimum absolute atomic E-state index is 0.0492. The van der Waals surface area contributed by atoms with Crippen molar-refractivity contribution < 1.29 is 18.9 Å². The molecule has 11 nitrogen and oxygen atoms in total. The third-order valence-corrected chi connectivity index (χ3v) is 7.70. The van der Waals surface area contributed by atoms with Crippen molar-refractivity contribution in [2.75, 3.05) is 26.4 Å². The average molecular weight is 388 g/mol. The molecule has 0 saturated carbocycles. The van der Waals surface area contributed by atoms with E-state index in [4.69, 9.17) is 31.3 Å². The van der Waals surface area contributed by atoms with Crippen molar-refractivity contribution in [2.45, 2.75) is 24.5 Å². The van der Waals surface area contributed by atoms with Gasteiger partial charge in [-0.05, 0) is 25.9 Å². The number of aromatic nitrogens is 4. The molecule has 2 aliphatic heterocycles. The molecule has 4 rings (SSSR count). The zero-order chi connectivity index (χ0) is 17.9. The van der Waals surface area contributed by atoms with E-state index in [1.807, 2.05) is 0 Å². The third-order valence-electron chi connectivity index (χ3n) is 4.18. The van der Waals surface area contributed by atoms with E-state index in [1.54, 1.807) is 18.8 Å². The number of aliphatic hydroxyl groups is 1. The molecule has 0 radical (unpaired) electrons. The number of rotatable bonds is 2. The largest absolute Gasteiger partial charge is 0.386 e. The topological polar surface area (TPSA) is 141 Å². The summed E-state index contributed by atoms with van der Waals surface area (Å²) >= 11 is 5.44. The van der Waals surface area contributed by atoms with E-state index in [1.165, 1.54) is 10.9 Å². The molecule has 2 aliphatic rings. The number of aliphatic hydroxyl groups excluding tert-OH is 1. The molecule has 5 unspecified atom stereocenters. The second-order valence-electron chi connectivity index (χ2n) is 6.01. The maximum Gasteiger partial charge on any atom is 0.280 e. The second-order valence-corrected chi connectivity index (χ2v) is 9.60. The highest BCUT2D eigenvalue weighted by molar-refractivity contribution is 8.08. The quantitative estimate of drug-likeness (QED) is 0.558. The number of nitrogen functional groups attached to an aromatic ring is 1. The Bertz CT molecular complexity index is 930. The molecule has 4 heterocycles. The Balaban J connectivity index is 1.70. The molecule has 13 heteroatoms. The van der Waals surface area contributed by atoms with E-state index in [2.05, 4.69) is 15.0 Å². The van der Waals surface area contributed by atoms with Crippen molar-refractivity contribution in [3.05, 3.63) is 16.7 Å². The molecule has 2 aromatic heterocycles. The summed E-state index contributed by atoms with van der Waals surface area (Å²) in [5.74, 6) is -0.0492. The number of H-pyrrole nitrogens is 1. The number of hydrogen-bond donors (Lipinski definition) is 3. The molecule has 0 spiro atoms. The summed E-state index contributed by atoms with van der Waals surface area (Å²) in [5, 5.41) is 10.7. The van der Waals surface area contributed by atoms with Gasteiger partial charge in [0.1, 0.15) is 18.3 Å². The number of ether oxygens (including phenoxy) is 1. The lowest BCUT2D eigenvalue weighted by Crippen LogP contribution is -2.41. The van der Waals surface area contributed by atoms with Crippen LogP contribution in [0.25, 0.3) is 11.2 Å². The monoisotopic (exact) mass is 388 g/mol. The van der Waals surface area contributed by atoms with Gasteiger partial charge in [0.15, 0.2) is 17.4 Å². The number of nitrogens with one attached hydrogen (secondary N) is 1. The first-order valence-corrected chi connectivity index (χ1v) is 10.1. The predicted octanol–water partition coefficient (Wildman–Crippen LogP) is -0.838. The fourth-order valence-corrected chi connectivity index (χ4v) is 4.77. The van der Waals surface area contributed by atoms with Crippen LogP contribution in [0.1, 0.15) is 6.23 Å². The van der Waals surface area contributed by atoms with Crippen molar-refractivity contribution >= 4 is 35.6 Å². The van der Waals surface area contributed by atoms with Crippen molar-refractivity contribution in [2.24, 2.45) is 0 Å². The fraction of sp³-hybridized carbons (Fsp3) is 0.583. The van der Waals surface area contributed by atoms with Crippen molar-refractivity contribution in [3.8, 4) is 0 Å². The second kappa shape index (κ2) is 5.81. The Hall–Kier alpha value is -1.40. The molecule has 0 amide bonds. The SMILES string of the molecule is CN(C)P1(=S)OCC2OC(n3cnc4c(=O)[nH]c(N)nc43)C(O)C2O1. The van der Waals surface area contributed by atoms with Gasteiger partial charge in [-0.3, -0.25) is 14.3 Å². The molecule has 25 heavy (non-hydrogen) atoms. The number of anilines is 1. The Morgan fingerprint density at radius 3 is 3.04 bits per heavy atom. The molecule has 4 N–H and O–H groups in total. The number of nitrogens with two attached hydrogens (primary N) is 1. The van der Waals surface area contributed by atoms with Gasteiger partial charge in [0.2, 0.25) is 5.95 Å². The van der Waals surface area contributed by atoms with E-state index < -0.39 is 36.7 Å². The summed E-state index contributed by atoms with van der Waals surface area (Å²) < 4.78 is 20.6. The van der Waals surface area contributed by atoms with Crippen LogP contribution in [0.3, 0.4) is 0 Å². The van der Waals surface area contributed by atoms with Crippen LogP contribution in [0.2, 0.25) is 0 Å². The minimum atomic E-state index is -2.65. The molecular formula is C12H17N6O5PS. The maximum atomic E-state index is 11.9. The molecule has 2 aromatic rings. The molecule has 0 bridgehead atoms. The maximum absolute atomic E-state index is 11.9. The van der Waals surface area contributed by atoms with Gasteiger partial charge in [0.05, 0.1) is 12.9 Å². The van der Waals surface area contributed by atoms with Crippen LogP contribution in [0, 0.1) is 0 Å². The number of aromatic amines is 1. The lowest BCUT2D eigenvalue weighted by molar-refractivity contribution is -0.0569. The van der Waals surface area contributed by atoms with Crippen LogP contribution in [-0.4, -0.2) is 68.3 Å². The van der Waals surface area contributed by atoms with Crippen molar-refractivity contribution in [3.63, 3.8) is 0 Å². The highest BCUT2D eigenvalue weighted by Crippen LogP contribution is 2.57. The number of fused-ring (bicyclic) bond motifs is 2. The van der Waals surface area contributed by atoms with Gasteiger partial charge in [0, 0.05) is 0 Å². The smallest absolute Gasteiger partial charge is 0.280 e. The van der Waals surface area contributed by atoms with Gasteiger partial charge in [-0.1, -0.05) is 0 Å². The first-order valence-electron chi connectivity index (χ1n) is 7.47. The third kappa shape index (κ3) is 2.61. The highest BCUT2D eigenvalue weighted by atomic mass is 32.5. The normalized spacial score (nSPS) is 35.4. The zero-order valence-corrected chi connectivity index (χ0v) is 15.1. The number of imidazole rings is 1. The van der Waals surface area contributed by atoms with Gasteiger partial charge in [-0.25, -0.2) is 9.65 Å². The fourth-order valence-electron chi connectivity index (χ4n) is 2.90. The summed E-state index contributed by atoms with van der Waals surface area (Å²) in [6, 6.07) is 0. The zero-order valence-electron chi connectivity index (χ0n) is 13.4. The van der Waals surface area contributed by atoms with Gasteiger partial charge in [-0.2, -0.15) is 4.98 Å². The molecule has 2 saturated heterocycles. The van der Waals surface area contributed by atoms with E-state index in [0.29, 0.717) is 0 Å². The first-order chi connectivity index (χ1) is 11.8. The van der Waals surface area contributed by atoms with E-state index >= 15 is 0 Å². The van der Waals surface area contributed by atoms with Crippen LogP contribution in [-0.2, 0) is 25.6 Å². The Kier molecular flexibility index (Phi) is 3.96. The van der Waals surface area contributed by atoms with Gasteiger partial charge < -0.3 is 24.6 Å². The molecule has 0 aromatic carbocycles. The van der Waals surface area contributed by atoms with Crippen LogP contribution in [0.4, 0.5) is 5.95 Å². The van der Waals surface area contributed by atoms with E-state index in [9.17, 15) is 9.90 Å². The van der Waals surface area contributed by atoms with Crippen LogP contribution in [0.15, 0.2) is 11.1 Å². The van der Waals surface area contributed by atoms with Gasteiger partial charge >= 0.3 is 0 Å². The Morgan fingerprint density at radius 2 is 2.32 bits per heavy atom. The van der Waals surface area contributed by atoms with Gasteiger partial charge in [-0.15, -0.1) is 0 Å². The minimum Gasteiger partial charge on any atom is -0.386 e. The lowest BCUT2D eigenvalue weighted by atomic mass is 10.1.